The molecule has 2 heterocycles. The zero-order chi connectivity index (χ0) is 16.2. The molecule has 3 aliphatic rings. The molecule has 0 radical (unpaired) electrons. The molecule has 1 amide bonds. The first-order valence-electron chi connectivity index (χ1n) is 9.09. The Balaban J connectivity index is 1.46. The van der Waals surface area contributed by atoms with Crippen molar-refractivity contribution in [3.63, 3.8) is 0 Å². The van der Waals surface area contributed by atoms with Crippen molar-refractivity contribution in [3.05, 3.63) is 0 Å². The first-order valence-corrected chi connectivity index (χ1v) is 9.09. The summed E-state index contributed by atoms with van der Waals surface area (Å²) in [6.07, 6.45) is 8.90. The van der Waals surface area contributed by atoms with Crippen LogP contribution in [0.5, 0.6) is 0 Å². The van der Waals surface area contributed by atoms with E-state index in [0.717, 1.165) is 57.9 Å². The number of amides is 1. The SMILES string of the molecule is O=C(O)C1CCCN1C1CCN(C(=O)OC2CCCCC2)CC1. The van der Waals surface area contributed by atoms with Gasteiger partial charge in [0.05, 0.1) is 0 Å². The Hall–Kier alpha value is -1.30. The molecule has 1 saturated carbocycles. The lowest BCUT2D eigenvalue weighted by Crippen LogP contribution is -2.50. The van der Waals surface area contributed by atoms with Crippen molar-refractivity contribution < 1.29 is 19.4 Å². The number of hydrogen-bond donors (Lipinski definition) is 1. The Labute approximate surface area is 137 Å². The standard InChI is InChI=1S/C17H28N2O4/c20-16(21)15-7-4-10-19(15)13-8-11-18(12-9-13)17(22)23-14-5-2-1-3-6-14/h13-15H,1-12H2,(H,20,21). The van der Waals surface area contributed by atoms with Gasteiger partial charge in [-0.3, -0.25) is 9.69 Å². The molecule has 2 saturated heterocycles. The Morgan fingerprint density at radius 2 is 1.57 bits per heavy atom. The average molecular weight is 324 g/mol. The van der Waals surface area contributed by atoms with Gasteiger partial charge in [-0.2, -0.15) is 0 Å². The normalized spacial score (nSPS) is 28.0. The number of carboxylic acids is 1. The summed E-state index contributed by atoms with van der Waals surface area (Å²) in [7, 11) is 0. The second-order valence-corrected chi connectivity index (χ2v) is 7.10. The highest BCUT2D eigenvalue weighted by Crippen LogP contribution is 2.27. The molecule has 2 aliphatic heterocycles. The van der Waals surface area contributed by atoms with Gasteiger partial charge in [-0.25, -0.2) is 4.79 Å². The highest BCUT2D eigenvalue weighted by atomic mass is 16.6. The molecule has 6 nitrogen and oxygen atoms in total. The number of hydrogen-bond acceptors (Lipinski definition) is 4. The average Bonchev–Trinajstić information content (AvgIpc) is 3.06. The summed E-state index contributed by atoms with van der Waals surface area (Å²) < 4.78 is 5.63. The molecule has 23 heavy (non-hydrogen) atoms. The van der Waals surface area contributed by atoms with Crippen molar-refractivity contribution in [2.45, 2.75) is 76.0 Å². The summed E-state index contributed by atoms with van der Waals surface area (Å²) in [5, 5.41) is 9.31. The summed E-state index contributed by atoms with van der Waals surface area (Å²) in [6, 6.07) is -0.0435. The van der Waals surface area contributed by atoms with Crippen LogP contribution in [-0.4, -0.2) is 64.8 Å². The molecule has 130 valence electrons. The van der Waals surface area contributed by atoms with Crippen molar-refractivity contribution >= 4 is 12.1 Å². The smallest absolute Gasteiger partial charge is 0.410 e. The number of nitrogens with zero attached hydrogens (tertiary/aromatic N) is 2. The molecular formula is C17H28N2O4. The third kappa shape index (κ3) is 3.97. The number of piperidine rings is 1. The molecular weight excluding hydrogens is 296 g/mol. The minimum Gasteiger partial charge on any atom is -0.480 e. The maximum Gasteiger partial charge on any atom is 0.410 e. The van der Waals surface area contributed by atoms with Gasteiger partial charge in [0.1, 0.15) is 12.1 Å². The van der Waals surface area contributed by atoms with E-state index in [0.29, 0.717) is 13.1 Å². The fourth-order valence-electron chi connectivity index (χ4n) is 4.27. The maximum absolute atomic E-state index is 12.3. The molecule has 0 spiro atoms. The molecule has 1 aliphatic carbocycles. The lowest BCUT2D eigenvalue weighted by Gasteiger charge is -2.38. The van der Waals surface area contributed by atoms with E-state index < -0.39 is 5.97 Å². The number of carboxylic acid groups (broad SMARTS) is 1. The number of ether oxygens (including phenoxy) is 1. The lowest BCUT2D eigenvalue weighted by molar-refractivity contribution is -0.143. The van der Waals surface area contributed by atoms with Crippen LogP contribution in [0, 0.1) is 0 Å². The fourth-order valence-corrected chi connectivity index (χ4v) is 4.27. The van der Waals surface area contributed by atoms with Gasteiger partial charge >= 0.3 is 12.1 Å². The van der Waals surface area contributed by atoms with Crippen molar-refractivity contribution in [2.75, 3.05) is 19.6 Å². The summed E-state index contributed by atoms with van der Waals surface area (Å²) in [5.41, 5.74) is 0. The highest BCUT2D eigenvalue weighted by Gasteiger charge is 2.37. The third-order valence-electron chi connectivity index (χ3n) is 5.59. The molecule has 1 atom stereocenters. The van der Waals surface area contributed by atoms with Gasteiger partial charge in [-0.15, -0.1) is 0 Å². The van der Waals surface area contributed by atoms with Gasteiger partial charge < -0.3 is 14.7 Å². The van der Waals surface area contributed by atoms with Crippen LogP contribution in [0.2, 0.25) is 0 Å². The molecule has 0 aromatic heterocycles. The van der Waals surface area contributed by atoms with Crippen LogP contribution >= 0.6 is 0 Å². The molecule has 0 bridgehead atoms. The van der Waals surface area contributed by atoms with E-state index in [9.17, 15) is 14.7 Å². The Kier molecular flexibility index (Phi) is 5.41. The van der Waals surface area contributed by atoms with Gasteiger partial charge in [0.25, 0.3) is 0 Å². The molecule has 1 N–H and O–H groups in total. The molecule has 3 fully saturated rings. The zero-order valence-electron chi connectivity index (χ0n) is 13.8. The van der Waals surface area contributed by atoms with Gasteiger partial charge in [-0.1, -0.05) is 6.42 Å². The van der Waals surface area contributed by atoms with E-state index in [4.69, 9.17) is 4.74 Å². The van der Waals surface area contributed by atoms with E-state index >= 15 is 0 Å². The van der Waals surface area contributed by atoms with E-state index in [1.54, 1.807) is 4.90 Å². The minimum atomic E-state index is -0.707. The Morgan fingerprint density at radius 1 is 0.870 bits per heavy atom. The summed E-state index contributed by atoms with van der Waals surface area (Å²) in [6.45, 7) is 2.23. The summed E-state index contributed by atoms with van der Waals surface area (Å²) in [4.78, 5) is 27.5. The topological polar surface area (TPSA) is 70.1 Å². The number of likely N-dealkylation sites (tertiary alicyclic amines) is 2. The largest absolute Gasteiger partial charge is 0.480 e. The molecule has 1 unspecified atom stereocenters. The number of carbonyl (C=O) groups is 2. The van der Waals surface area contributed by atoms with Gasteiger partial charge in [0, 0.05) is 19.1 Å². The van der Waals surface area contributed by atoms with E-state index in [2.05, 4.69) is 4.90 Å². The monoisotopic (exact) mass is 324 g/mol. The van der Waals surface area contributed by atoms with Crippen LogP contribution in [-0.2, 0) is 9.53 Å². The van der Waals surface area contributed by atoms with Crippen LogP contribution in [0.15, 0.2) is 0 Å². The van der Waals surface area contributed by atoms with Crippen LogP contribution in [0.3, 0.4) is 0 Å². The second-order valence-electron chi connectivity index (χ2n) is 7.10. The van der Waals surface area contributed by atoms with E-state index in [1.807, 2.05) is 0 Å². The molecule has 3 rings (SSSR count). The fraction of sp³-hybridized carbons (Fsp3) is 0.882. The van der Waals surface area contributed by atoms with E-state index in [-0.39, 0.29) is 24.3 Å². The number of aliphatic carboxylic acids is 1. The number of carbonyl (C=O) groups excluding carboxylic acids is 1. The third-order valence-corrected chi connectivity index (χ3v) is 5.59. The molecule has 0 aromatic carbocycles. The maximum atomic E-state index is 12.3. The molecule has 6 heteroatoms. The van der Waals surface area contributed by atoms with Crippen molar-refractivity contribution in [1.82, 2.24) is 9.80 Å². The predicted octanol–water partition coefficient (Wildman–Crippen LogP) is 2.47. The quantitative estimate of drug-likeness (QED) is 0.863. The van der Waals surface area contributed by atoms with Crippen LogP contribution in [0.1, 0.15) is 57.8 Å². The predicted molar refractivity (Wildman–Crippen MR) is 85.3 cm³/mol. The van der Waals surface area contributed by atoms with Gasteiger partial charge in [0.15, 0.2) is 0 Å². The Bertz CT molecular complexity index is 428. The minimum absolute atomic E-state index is 0.101. The van der Waals surface area contributed by atoms with Crippen molar-refractivity contribution in [3.8, 4) is 0 Å². The second kappa shape index (κ2) is 7.51. The zero-order valence-corrected chi connectivity index (χ0v) is 13.8. The van der Waals surface area contributed by atoms with Crippen LogP contribution < -0.4 is 0 Å². The van der Waals surface area contributed by atoms with E-state index in [1.165, 1.54) is 6.42 Å². The van der Waals surface area contributed by atoms with Gasteiger partial charge in [0.2, 0.25) is 0 Å². The number of rotatable bonds is 3. The first-order chi connectivity index (χ1) is 11.1. The summed E-state index contributed by atoms with van der Waals surface area (Å²) in [5.74, 6) is -0.707. The van der Waals surface area contributed by atoms with Crippen molar-refractivity contribution in [2.24, 2.45) is 0 Å². The highest BCUT2D eigenvalue weighted by molar-refractivity contribution is 5.74. The van der Waals surface area contributed by atoms with Crippen LogP contribution in [0.4, 0.5) is 4.79 Å². The molecule has 0 aromatic rings. The first kappa shape index (κ1) is 16.6. The van der Waals surface area contributed by atoms with Crippen LogP contribution in [0.25, 0.3) is 0 Å². The lowest BCUT2D eigenvalue weighted by atomic mass is 9.98. The van der Waals surface area contributed by atoms with Crippen molar-refractivity contribution in [1.29, 1.82) is 0 Å². The van der Waals surface area contributed by atoms with Gasteiger partial charge in [-0.05, 0) is 57.9 Å². The Morgan fingerprint density at radius 3 is 2.22 bits per heavy atom. The summed E-state index contributed by atoms with van der Waals surface area (Å²) >= 11 is 0.